The molecule has 98 valence electrons. The fourth-order valence-electron chi connectivity index (χ4n) is 1.39. The Morgan fingerprint density at radius 2 is 2.00 bits per heavy atom. The van der Waals surface area contributed by atoms with E-state index in [1.165, 1.54) is 18.0 Å². The van der Waals surface area contributed by atoms with Crippen LogP contribution in [0.2, 0.25) is 0 Å². The van der Waals surface area contributed by atoms with E-state index in [1.807, 2.05) is 24.3 Å². The molecule has 1 heterocycles. The SMILES string of the molecule is O=C(CSc1cccc[n+]1[O-])Nc1ccc(Br)cc1. The number of hydrogen-bond donors (Lipinski definition) is 1. The largest absolute Gasteiger partial charge is 0.618 e. The fourth-order valence-corrected chi connectivity index (χ4v) is 2.37. The zero-order valence-electron chi connectivity index (χ0n) is 9.88. The van der Waals surface area contributed by atoms with E-state index in [9.17, 15) is 10.0 Å². The summed E-state index contributed by atoms with van der Waals surface area (Å²) in [6.07, 6.45) is 1.41. The number of nitrogens with one attached hydrogen (secondary N) is 1. The Morgan fingerprint density at radius 3 is 2.68 bits per heavy atom. The first-order valence-corrected chi connectivity index (χ1v) is 7.29. The number of aromatic nitrogens is 1. The highest BCUT2D eigenvalue weighted by Crippen LogP contribution is 2.16. The van der Waals surface area contributed by atoms with Gasteiger partial charge in [0.1, 0.15) is 0 Å². The van der Waals surface area contributed by atoms with Crippen LogP contribution in [0.1, 0.15) is 0 Å². The van der Waals surface area contributed by atoms with Gasteiger partial charge in [0.25, 0.3) is 5.03 Å². The zero-order chi connectivity index (χ0) is 13.7. The molecule has 0 unspecified atom stereocenters. The summed E-state index contributed by atoms with van der Waals surface area (Å²) in [5.41, 5.74) is 0.733. The monoisotopic (exact) mass is 338 g/mol. The highest BCUT2D eigenvalue weighted by Gasteiger charge is 2.08. The van der Waals surface area contributed by atoms with Gasteiger partial charge in [-0.25, -0.2) is 0 Å². The topological polar surface area (TPSA) is 56.0 Å². The minimum absolute atomic E-state index is 0.142. The van der Waals surface area contributed by atoms with Gasteiger partial charge in [0, 0.05) is 22.3 Å². The van der Waals surface area contributed by atoms with Crippen LogP contribution in [0, 0.1) is 5.21 Å². The van der Waals surface area contributed by atoms with E-state index in [4.69, 9.17) is 0 Å². The van der Waals surface area contributed by atoms with Crippen molar-refractivity contribution in [3.05, 3.63) is 58.3 Å². The molecule has 0 fully saturated rings. The van der Waals surface area contributed by atoms with Gasteiger partial charge in [-0.3, -0.25) is 4.79 Å². The number of hydrogen-bond acceptors (Lipinski definition) is 3. The van der Waals surface area contributed by atoms with Crippen LogP contribution in [-0.4, -0.2) is 11.7 Å². The summed E-state index contributed by atoms with van der Waals surface area (Å²) in [6.45, 7) is 0. The highest BCUT2D eigenvalue weighted by atomic mass is 79.9. The maximum atomic E-state index is 11.7. The average molecular weight is 339 g/mol. The Hall–Kier alpha value is -1.53. The lowest BCUT2D eigenvalue weighted by Gasteiger charge is -2.05. The van der Waals surface area contributed by atoms with Gasteiger partial charge in [0.05, 0.1) is 5.75 Å². The molecule has 0 bridgehead atoms. The molecular formula is C13H11BrN2O2S. The van der Waals surface area contributed by atoms with Crippen LogP contribution in [0.5, 0.6) is 0 Å². The Kier molecular flexibility index (Phi) is 4.81. The lowest BCUT2D eigenvalue weighted by atomic mass is 10.3. The van der Waals surface area contributed by atoms with E-state index in [1.54, 1.807) is 18.2 Å². The van der Waals surface area contributed by atoms with Crippen molar-refractivity contribution in [1.29, 1.82) is 0 Å². The summed E-state index contributed by atoms with van der Waals surface area (Å²) < 4.78 is 1.70. The molecule has 1 amide bonds. The maximum absolute atomic E-state index is 11.7. The van der Waals surface area contributed by atoms with Gasteiger partial charge < -0.3 is 10.5 Å². The highest BCUT2D eigenvalue weighted by molar-refractivity contribution is 9.10. The van der Waals surface area contributed by atoms with Gasteiger partial charge in [-0.15, -0.1) is 0 Å². The molecule has 0 aliphatic heterocycles. The summed E-state index contributed by atoms with van der Waals surface area (Å²) in [5, 5.41) is 14.7. The second-order valence-corrected chi connectivity index (χ2v) is 5.62. The van der Waals surface area contributed by atoms with Gasteiger partial charge in [0.2, 0.25) is 5.91 Å². The number of halogens is 1. The molecule has 0 saturated heterocycles. The second-order valence-electron chi connectivity index (χ2n) is 3.71. The molecule has 0 spiro atoms. The second kappa shape index (κ2) is 6.58. The van der Waals surface area contributed by atoms with E-state index in [-0.39, 0.29) is 11.7 Å². The van der Waals surface area contributed by atoms with E-state index >= 15 is 0 Å². The summed E-state index contributed by atoms with van der Waals surface area (Å²) >= 11 is 4.53. The summed E-state index contributed by atoms with van der Waals surface area (Å²) in [6, 6.07) is 12.4. The fraction of sp³-hybridized carbons (Fsp3) is 0.0769. The minimum Gasteiger partial charge on any atom is -0.618 e. The lowest BCUT2D eigenvalue weighted by Crippen LogP contribution is -2.28. The van der Waals surface area contributed by atoms with Crippen molar-refractivity contribution < 1.29 is 9.52 Å². The van der Waals surface area contributed by atoms with Crippen molar-refractivity contribution >= 4 is 39.3 Å². The van der Waals surface area contributed by atoms with Crippen molar-refractivity contribution in [2.75, 3.05) is 11.1 Å². The van der Waals surface area contributed by atoms with Gasteiger partial charge >= 0.3 is 0 Å². The molecule has 0 aliphatic carbocycles. The van der Waals surface area contributed by atoms with Crippen LogP contribution in [0.4, 0.5) is 5.69 Å². The smallest absolute Gasteiger partial charge is 0.251 e. The van der Waals surface area contributed by atoms with Crippen LogP contribution >= 0.6 is 27.7 Å². The summed E-state index contributed by atoms with van der Waals surface area (Å²) in [5.74, 6) is 0.0543. The molecule has 1 aromatic carbocycles. The maximum Gasteiger partial charge on any atom is 0.251 e. The third-order valence-electron chi connectivity index (χ3n) is 2.27. The molecule has 6 heteroatoms. The normalized spacial score (nSPS) is 10.2. The Bertz CT molecular complexity index is 575. The molecule has 2 aromatic rings. The van der Waals surface area contributed by atoms with Crippen LogP contribution in [0.25, 0.3) is 0 Å². The molecule has 0 radical (unpaired) electrons. The van der Waals surface area contributed by atoms with Crippen molar-refractivity contribution in [2.24, 2.45) is 0 Å². The quantitative estimate of drug-likeness (QED) is 0.529. The Balaban J connectivity index is 1.88. The molecule has 2 rings (SSSR count). The van der Waals surface area contributed by atoms with Gasteiger partial charge in [0.15, 0.2) is 6.20 Å². The number of carbonyl (C=O) groups is 1. The predicted molar refractivity (Wildman–Crippen MR) is 78.9 cm³/mol. The van der Waals surface area contributed by atoms with Gasteiger partial charge in [-0.2, -0.15) is 4.73 Å². The Morgan fingerprint density at radius 1 is 1.26 bits per heavy atom. The van der Waals surface area contributed by atoms with Crippen molar-refractivity contribution in [1.82, 2.24) is 0 Å². The molecule has 19 heavy (non-hydrogen) atoms. The first-order chi connectivity index (χ1) is 9.15. The van der Waals surface area contributed by atoms with Crippen molar-refractivity contribution in [2.45, 2.75) is 5.03 Å². The summed E-state index contributed by atoms with van der Waals surface area (Å²) in [4.78, 5) is 11.7. The molecule has 0 aliphatic rings. The number of thioether (sulfide) groups is 1. The predicted octanol–water partition coefficient (Wildman–Crippen LogP) is 2.81. The number of amides is 1. The standard InChI is InChI=1S/C13H11BrN2O2S/c14-10-4-6-11(7-5-10)15-12(17)9-19-13-3-1-2-8-16(13)18/h1-8H,9H2,(H,15,17). The van der Waals surface area contributed by atoms with Crippen molar-refractivity contribution in [3.8, 4) is 0 Å². The van der Waals surface area contributed by atoms with Crippen LogP contribution in [-0.2, 0) is 4.79 Å². The van der Waals surface area contributed by atoms with Crippen LogP contribution < -0.4 is 10.0 Å². The first kappa shape index (κ1) is 13.9. The number of benzene rings is 1. The van der Waals surface area contributed by atoms with Crippen LogP contribution in [0.15, 0.2) is 58.2 Å². The molecule has 0 saturated carbocycles. The van der Waals surface area contributed by atoms with E-state index < -0.39 is 0 Å². The number of carbonyl (C=O) groups excluding carboxylic acids is 1. The first-order valence-electron chi connectivity index (χ1n) is 5.51. The minimum atomic E-state index is -0.142. The van der Waals surface area contributed by atoms with Gasteiger partial charge in [-0.1, -0.05) is 15.9 Å². The number of rotatable bonds is 4. The zero-order valence-corrected chi connectivity index (χ0v) is 12.3. The van der Waals surface area contributed by atoms with E-state index in [2.05, 4.69) is 21.2 Å². The van der Waals surface area contributed by atoms with E-state index in [0.29, 0.717) is 5.03 Å². The molecule has 1 aromatic heterocycles. The molecular weight excluding hydrogens is 328 g/mol. The van der Waals surface area contributed by atoms with E-state index in [0.717, 1.165) is 14.9 Å². The number of pyridine rings is 1. The lowest BCUT2D eigenvalue weighted by molar-refractivity contribution is -0.645. The van der Waals surface area contributed by atoms with Gasteiger partial charge in [-0.05, 0) is 42.1 Å². The summed E-state index contributed by atoms with van der Waals surface area (Å²) in [7, 11) is 0. The third kappa shape index (κ3) is 4.25. The van der Waals surface area contributed by atoms with Crippen LogP contribution in [0.3, 0.4) is 0 Å². The molecule has 0 atom stereocenters. The molecule has 1 N–H and O–H groups in total. The Labute approximate surface area is 123 Å². The number of nitrogens with zero attached hydrogens (tertiary/aromatic N) is 1. The number of anilines is 1. The van der Waals surface area contributed by atoms with Crippen molar-refractivity contribution in [3.63, 3.8) is 0 Å². The third-order valence-corrected chi connectivity index (χ3v) is 3.81. The average Bonchev–Trinajstić information content (AvgIpc) is 2.40. The molecule has 4 nitrogen and oxygen atoms in total.